The number of carbonyl (C=O) groups excluding carboxylic acids is 1. The molecule has 0 saturated heterocycles. The molecule has 0 atom stereocenters. The molecule has 1 aromatic rings. The first-order valence-electron chi connectivity index (χ1n) is 9.98. The van der Waals surface area contributed by atoms with Crippen LogP contribution >= 0.6 is 0 Å². The Morgan fingerprint density at radius 1 is 1.33 bits per heavy atom. The number of aromatic nitrogens is 1. The Morgan fingerprint density at radius 3 is 2.70 bits per heavy atom. The summed E-state index contributed by atoms with van der Waals surface area (Å²) in [6.07, 6.45) is 8.13. The van der Waals surface area contributed by atoms with Crippen LogP contribution in [0.25, 0.3) is 0 Å². The van der Waals surface area contributed by atoms with Gasteiger partial charge in [-0.2, -0.15) is 0 Å². The van der Waals surface area contributed by atoms with Crippen molar-refractivity contribution in [3.63, 3.8) is 0 Å². The second kappa shape index (κ2) is 8.71. The van der Waals surface area contributed by atoms with Gasteiger partial charge in [0.2, 0.25) is 5.69 Å². The lowest BCUT2D eigenvalue weighted by atomic mass is 9.84. The Morgan fingerprint density at radius 2 is 2.03 bits per heavy atom. The largest absolute Gasteiger partial charge is 0.494 e. The Balaban J connectivity index is 1.76. The average Bonchev–Trinajstić information content (AvgIpc) is 2.70. The topological polar surface area (TPSA) is 119 Å². The predicted molar refractivity (Wildman–Crippen MR) is 111 cm³/mol. The van der Waals surface area contributed by atoms with Crippen LogP contribution in [-0.4, -0.2) is 40.7 Å². The molecule has 2 aliphatic carbocycles. The smallest absolute Gasteiger partial charge is 0.325 e. The molecule has 0 radical (unpaired) electrons. The zero-order valence-corrected chi connectivity index (χ0v) is 17.5. The number of aliphatic hydroxyl groups is 1. The Bertz CT molecular complexity index is 936. The molecule has 1 aromatic heterocycles. The Kier molecular flexibility index (Phi) is 6.26. The van der Waals surface area contributed by atoms with Crippen molar-refractivity contribution in [1.29, 1.82) is 5.41 Å². The van der Waals surface area contributed by atoms with Crippen LogP contribution in [0.4, 0.5) is 0 Å². The number of hydrogen-bond acceptors (Lipinski definition) is 6. The molecule has 1 amide bonds. The summed E-state index contributed by atoms with van der Waals surface area (Å²) in [7, 11) is 1.47. The molecule has 2 aliphatic rings. The van der Waals surface area contributed by atoms with Gasteiger partial charge in [-0.25, -0.2) is 0 Å². The zero-order valence-electron chi connectivity index (χ0n) is 17.5. The fourth-order valence-corrected chi connectivity index (χ4v) is 3.56. The van der Waals surface area contributed by atoms with Gasteiger partial charge in [0.1, 0.15) is 5.76 Å². The van der Waals surface area contributed by atoms with Crippen molar-refractivity contribution in [2.45, 2.75) is 51.2 Å². The molecule has 8 heteroatoms. The van der Waals surface area contributed by atoms with Gasteiger partial charge >= 0.3 is 11.6 Å². The fraction of sp³-hybridized carbons (Fsp3) is 0.409. The predicted octanol–water partition coefficient (Wildman–Crippen LogP) is 1.86. The number of nitrogens with zero attached hydrogens (tertiary/aromatic N) is 1. The molecular formula is C22H29N4O4+. The van der Waals surface area contributed by atoms with Crippen molar-refractivity contribution in [3.8, 4) is 0 Å². The second-order valence-electron chi connectivity index (χ2n) is 8.04. The van der Waals surface area contributed by atoms with Gasteiger partial charge in [0.05, 0.1) is 24.1 Å². The molecule has 1 saturated carbocycles. The van der Waals surface area contributed by atoms with Crippen LogP contribution in [0.15, 0.2) is 53.6 Å². The van der Waals surface area contributed by atoms with Crippen LogP contribution in [0.5, 0.6) is 0 Å². The molecule has 30 heavy (non-hydrogen) atoms. The minimum Gasteiger partial charge on any atom is -0.494 e. The minimum atomic E-state index is -0.601. The second-order valence-corrected chi connectivity index (χ2v) is 8.04. The number of methoxy groups -OCH3 is 1. The number of allylic oxidation sites excluding steroid dienone is 3. The van der Waals surface area contributed by atoms with E-state index in [0.29, 0.717) is 22.7 Å². The van der Waals surface area contributed by atoms with Gasteiger partial charge in [0, 0.05) is 47.7 Å². The van der Waals surface area contributed by atoms with Gasteiger partial charge < -0.3 is 25.9 Å². The molecule has 0 unspecified atom stereocenters. The molecule has 0 aromatic carbocycles. The van der Waals surface area contributed by atoms with Crippen LogP contribution in [-0.2, 0) is 4.74 Å². The summed E-state index contributed by atoms with van der Waals surface area (Å²) >= 11 is 0. The quantitative estimate of drug-likeness (QED) is 0.373. The molecule has 3 rings (SSSR count). The normalized spacial score (nSPS) is 25.4. The SMILES string of the molecule is COC1=CC(=N)/C(=C\N[C@H]2CC[C@](C)(O)CC2)C=C1NC(=O)c1cccc(C)[n+]1O. The number of nitrogens with one attached hydrogen (secondary N) is 3. The zero-order chi connectivity index (χ0) is 21.9. The first-order valence-corrected chi connectivity index (χ1v) is 9.98. The summed E-state index contributed by atoms with van der Waals surface area (Å²) in [4.78, 5) is 12.7. The van der Waals surface area contributed by atoms with E-state index < -0.39 is 11.5 Å². The minimum absolute atomic E-state index is 0.0879. The molecule has 0 spiro atoms. The summed E-state index contributed by atoms with van der Waals surface area (Å²) in [5.74, 6) is -0.137. The first-order chi connectivity index (χ1) is 14.2. The van der Waals surface area contributed by atoms with Gasteiger partial charge in [0.25, 0.3) is 0 Å². The van der Waals surface area contributed by atoms with Crippen molar-refractivity contribution < 1.29 is 24.6 Å². The molecule has 0 bridgehead atoms. The number of aryl methyl sites for hydroxylation is 1. The number of hydrogen-bond donors (Lipinski definition) is 5. The van der Waals surface area contributed by atoms with Crippen molar-refractivity contribution in [2.75, 3.05) is 7.11 Å². The average molecular weight is 413 g/mol. The van der Waals surface area contributed by atoms with Crippen molar-refractivity contribution in [3.05, 3.63) is 65.0 Å². The van der Waals surface area contributed by atoms with Crippen LogP contribution in [0.1, 0.15) is 48.8 Å². The van der Waals surface area contributed by atoms with Gasteiger partial charge in [0.15, 0.2) is 0 Å². The molecule has 1 fully saturated rings. The lowest BCUT2D eigenvalue weighted by Crippen LogP contribution is -2.44. The number of amides is 1. The Hall–Kier alpha value is -3.13. The summed E-state index contributed by atoms with van der Waals surface area (Å²) in [6.45, 7) is 3.55. The third kappa shape index (κ3) is 4.88. The lowest BCUT2D eigenvalue weighted by Gasteiger charge is -2.33. The highest BCUT2D eigenvalue weighted by molar-refractivity contribution is 6.10. The molecular weight excluding hydrogens is 384 g/mol. The van der Waals surface area contributed by atoms with Gasteiger partial charge in [-0.3, -0.25) is 10.0 Å². The lowest BCUT2D eigenvalue weighted by molar-refractivity contribution is -0.909. The highest BCUT2D eigenvalue weighted by Gasteiger charge is 2.28. The monoisotopic (exact) mass is 413 g/mol. The molecule has 5 N–H and O–H groups in total. The van der Waals surface area contributed by atoms with E-state index in [1.807, 2.05) is 6.92 Å². The van der Waals surface area contributed by atoms with E-state index >= 15 is 0 Å². The maximum Gasteiger partial charge on any atom is 0.325 e. The summed E-state index contributed by atoms with van der Waals surface area (Å²) in [6, 6.07) is 5.12. The van der Waals surface area contributed by atoms with Crippen molar-refractivity contribution in [1.82, 2.24) is 10.6 Å². The molecule has 160 valence electrons. The number of carbonyl (C=O) groups is 1. The van der Waals surface area contributed by atoms with E-state index in [4.69, 9.17) is 10.1 Å². The van der Waals surface area contributed by atoms with E-state index in [9.17, 15) is 15.1 Å². The van der Waals surface area contributed by atoms with Crippen LogP contribution in [0.3, 0.4) is 0 Å². The van der Waals surface area contributed by atoms with E-state index in [-0.39, 0.29) is 17.4 Å². The fourth-order valence-electron chi connectivity index (χ4n) is 3.56. The third-order valence-corrected chi connectivity index (χ3v) is 5.54. The van der Waals surface area contributed by atoms with Crippen molar-refractivity contribution >= 4 is 11.6 Å². The van der Waals surface area contributed by atoms with E-state index in [2.05, 4.69) is 10.6 Å². The van der Waals surface area contributed by atoms with E-state index in [1.54, 1.807) is 31.3 Å². The number of pyridine rings is 1. The number of ether oxygens (including phenoxy) is 1. The van der Waals surface area contributed by atoms with E-state index in [0.717, 1.165) is 30.4 Å². The van der Waals surface area contributed by atoms with Gasteiger partial charge in [-0.15, -0.1) is 0 Å². The highest BCUT2D eigenvalue weighted by atomic mass is 16.5. The Labute approximate surface area is 176 Å². The third-order valence-electron chi connectivity index (χ3n) is 5.54. The highest BCUT2D eigenvalue weighted by Crippen LogP contribution is 2.28. The summed E-state index contributed by atoms with van der Waals surface area (Å²) < 4.78 is 6.15. The maximum absolute atomic E-state index is 12.7. The van der Waals surface area contributed by atoms with E-state index in [1.165, 1.54) is 19.3 Å². The van der Waals surface area contributed by atoms with Crippen LogP contribution < -0.4 is 15.4 Å². The summed E-state index contributed by atoms with van der Waals surface area (Å²) in [5.41, 5.74) is 1.28. The van der Waals surface area contributed by atoms with Gasteiger partial charge in [-0.05, 0) is 44.7 Å². The van der Waals surface area contributed by atoms with Crippen LogP contribution in [0.2, 0.25) is 0 Å². The van der Waals surface area contributed by atoms with Crippen LogP contribution in [0, 0.1) is 12.3 Å². The first kappa shape index (κ1) is 21.6. The molecule has 1 heterocycles. The molecule has 0 aliphatic heterocycles. The maximum atomic E-state index is 12.7. The van der Waals surface area contributed by atoms with Gasteiger partial charge in [-0.1, -0.05) is 0 Å². The number of rotatable bonds is 5. The molecule has 8 nitrogen and oxygen atoms in total. The van der Waals surface area contributed by atoms with Crippen molar-refractivity contribution in [2.24, 2.45) is 0 Å². The summed E-state index contributed by atoms with van der Waals surface area (Å²) in [5, 5.41) is 34.5. The standard InChI is InChI=1S/C22H28N4O4/c1-14-5-4-6-19(26(14)29)21(27)25-18-11-15(17(23)12-20(18)30-3)13-24-16-7-9-22(2,28)10-8-16/h4-6,11-13,16,23,27-29H,7-10H2,1-3H3/p+1/t16-,22-.